The molecule has 0 saturated heterocycles. The minimum absolute atomic E-state index is 0.117. The maximum absolute atomic E-state index is 11.2. The van der Waals surface area contributed by atoms with Gasteiger partial charge in [-0.25, -0.2) is 4.79 Å². The Hall–Kier alpha value is -3.02. The predicted molar refractivity (Wildman–Crippen MR) is 116 cm³/mol. The van der Waals surface area contributed by atoms with Crippen LogP contribution in [0.4, 0.5) is 0 Å². The zero-order valence-electron chi connectivity index (χ0n) is 16.5. The molecular formula is C24H23ClO5. The van der Waals surface area contributed by atoms with Gasteiger partial charge in [-0.15, -0.1) is 0 Å². The summed E-state index contributed by atoms with van der Waals surface area (Å²) in [5, 5.41) is 19.3. The van der Waals surface area contributed by atoms with Gasteiger partial charge in [0.05, 0.1) is 18.2 Å². The minimum atomic E-state index is -2.06. The van der Waals surface area contributed by atoms with Crippen molar-refractivity contribution < 1.29 is 24.5 Å². The molecule has 0 aliphatic rings. The Labute approximate surface area is 180 Å². The monoisotopic (exact) mass is 426 g/mol. The standard InChI is InChI=1S/C24H23ClO5/c1-24(28,23(26)27)21-13-12-20(16-22(21)25)30-15-5-14-29-19-10-8-18(9-11-19)17-6-3-2-4-7-17/h2-4,6-13,16,28H,5,14-15H2,1H3,(H,26,27). The van der Waals surface area contributed by atoms with Crippen LogP contribution in [0, 0.1) is 0 Å². The highest BCUT2D eigenvalue weighted by Gasteiger charge is 2.34. The van der Waals surface area contributed by atoms with E-state index in [-0.39, 0.29) is 10.6 Å². The zero-order valence-corrected chi connectivity index (χ0v) is 17.3. The number of benzene rings is 3. The third-order valence-corrected chi connectivity index (χ3v) is 4.98. The largest absolute Gasteiger partial charge is 0.493 e. The van der Waals surface area contributed by atoms with Gasteiger partial charge in [-0.05, 0) is 42.3 Å². The third-order valence-electron chi connectivity index (χ3n) is 4.67. The fourth-order valence-electron chi connectivity index (χ4n) is 2.91. The van der Waals surface area contributed by atoms with Crippen LogP contribution in [0.3, 0.4) is 0 Å². The van der Waals surface area contributed by atoms with E-state index >= 15 is 0 Å². The molecule has 0 aliphatic heterocycles. The second-order valence-electron chi connectivity index (χ2n) is 6.96. The highest BCUT2D eigenvalue weighted by molar-refractivity contribution is 6.31. The van der Waals surface area contributed by atoms with Crippen molar-refractivity contribution in [2.24, 2.45) is 0 Å². The first kappa shape index (κ1) is 21.7. The van der Waals surface area contributed by atoms with E-state index in [2.05, 4.69) is 12.1 Å². The smallest absolute Gasteiger partial charge is 0.340 e. The van der Waals surface area contributed by atoms with Crippen molar-refractivity contribution in [2.75, 3.05) is 13.2 Å². The van der Waals surface area contributed by atoms with E-state index in [1.165, 1.54) is 19.1 Å². The molecule has 0 amide bonds. The number of hydrogen-bond acceptors (Lipinski definition) is 4. The van der Waals surface area contributed by atoms with Crippen molar-refractivity contribution in [3.05, 3.63) is 83.4 Å². The van der Waals surface area contributed by atoms with Gasteiger partial charge in [0.15, 0.2) is 5.60 Å². The fourth-order valence-corrected chi connectivity index (χ4v) is 3.26. The molecule has 3 aromatic carbocycles. The topological polar surface area (TPSA) is 76.0 Å². The molecule has 2 N–H and O–H groups in total. The number of hydrogen-bond donors (Lipinski definition) is 2. The van der Waals surface area contributed by atoms with Crippen LogP contribution in [0.25, 0.3) is 11.1 Å². The Morgan fingerprint density at radius 2 is 1.47 bits per heavy atom. The minimum Gasteiger partial charge on any atom is -0.493 e. The highest BCUT2D eigenvalue weighted by Crippen LogP contribution is 2.31. The van der Waals surface area contributed by atoms with Gasteiger partial charge >= 0.3 is 5.97 Å². The van der Waals surface area contributed by atoms with Crippen molar-refractivity contribution in [3.63, 3.8) is 0 Å². The molecule has 6 heteroatoms. The van der Waals surface area contributed by atoms with E-state index < -0.39 is 11.6 Å². The number of rotatable bonds is 9. The summed E-state index contributed by atoms with van der Waals surface area (Å²) in [6.07, 6.45) is 0.659. The number of carboxylic acid groups (broad SMARTS) is 1. The summed E-state index contributed by atoms with van der Waals surface area (Å²) in [6, 6.07) is 22.6. The molecule has 0 bridgehead atoms. The molecular weight excluding hydrogens is 404 g/mol. The lowest BCUT2D eigenvalue weighted by atomic mass is 9.96. The van der Waals surface area contributed by atoms with E-state index in [1.807, 2.05) is 42.5 Å². The molecule has 156 valence electrons. The van der Waals surface area contributed by atoms with Crippen LogP contribution in [0.2, 0.25) is 5.02 Å². The van der Waals surface area contributed by atoms with Crippen LogP contribution in [-0.2, 0) is 10.4 Å². The highest BCUT2D eigenvalue weighted by atomic mass is 35.5. The SMILES string of the molecule is CC(O)(C(=O)O)c1ccc(OCCCOc2ccc(-c3ccccc3)cc2)cc1Cl. The van der Waals surface area contributed by atoms with E-state index in [0.717, 1.165) is 16.9 Å². The first-order valence-electron chi connectivity index (χ1n) is 9.55. The number of aliphatic hydroxyl groups is 1. The molecule has 1 atom stereocenters. The lowest BCUT2D eigenvalue weighted by Gasteiger charge is -2.20. The van der Waals surface area contributed by atoms with Crippen molar-refractivity contribution >= 4 is 17.6 Å². The summed E-state index contributed by atoms with van der Waals surface area (Å²) in [7, 11) is 0. The van der Waals surface area contributed by atoms with Crippen molar-refractivity contribution in [1.29, 1.82) is 0 Å². The van der Waals surface area contributed by atoms with Gasteiger partial charge < -0.3 is 19.7 Å². The van der Waals surface area contributed by atoms with Crippen LogP contribution >= 0.6 is 11.6 Å². The van der Waals surface area contributed by atoms with Crippen LogP contribution in [0.5, 0.6) is 11.5 Å². The summed E-state index contributed by atoms with van der Waals surface area (Å²) < 4.78 is 11.4. The number of ether oxygens (including phenoxy) is 2. The van der Waals surface area contributed by atoms with Crippen molar-refractivity contribution in [2.45, 2.75) is 18.9 Å². The Kier molecular flexibility index (Phi) is 6.98. The van der Waals surface area contributed by atoms with E-state index in [1.54, 1.807) is 6.07 Å². The number of halogens is 1. The molecule has 0 heterocycles. The summed E-state index contributed by atoms with van der Waals surface area (Å²) in [6.45, 7) is 2.08. The summed E-state index contributed by atoms with van der Waals surface area (Å²) in [4.78, 5) is 11.2. The molecule has 0 fully saturated rings. The Bertz CT molecular complexity index is 984. The number of carbonyl (C=O) groups is 1. The molecule has 0 aliphatic carbocycles. The molecule has 30 heavy (non-hydrogen) atoms. The number of aliphatic carboxylic acids is 1. The first-order valence-corrected chi connectivity index (χ1v) is 9.92. The molecule has 1 unspecified atom stereocenters. The molecule has 0 aromatic heterocycles. The Balaban J connectivity index is 1.45. The van der Waals surface area contributed by atoms with Gasteiger partial charge in [-0.3, -0.25) is 0 Å². The lowest BCUT2D eigenvalue weighted by molar-refractivity contribution is -0.157. The predicted octanol–water partition coefficient (Wildman–Crippen LogP) is 5.15. The van der Waals surface area contributed by atoms with E-state index in [9.17, 15) is 9.90 Å². The van der Waals surface area contributed by atoms with Gasteiger partial charge in [0, 0.05) is 12.0 Å². The lowest BCUT2D eigenvalue weighted by Crippen LogP contribution is -2.32. The van der Waals surface area contributed by atoms with E-state index in [4.69, 9.17) is 26.2 Å². The third kappa shape index (κ3) is 5.32. The normalized spacial score (nSPS) is 12.8. The molecule has 3 rings (SSSR count). The summed E-state index contributed by atoms with van der Waals surface area (Å²) >= 11 is 6.11. The van der Waals surface area contributed by atoms with Crippen LogP contribution < -0.4 is 9.47 Å². The fraction of sp³-hybridized carbons (Fsp3) is 0.208. The molecule has 0 radical (unpaired) electrons. The second-order valence-corrected chi connectivity index (χ2v) is 7.37. The summed E-state index contributed by atoms with van der Waals surface area (Å²) in [5.41, 5.74) is 0.353. The van der Waals surface area contributed by atoms with Gasteiger partial charge in [-0.1, -0.05) is 60.1 Å². The zero-order chi connectivity index (χ0) is 21.6. The van der Waals surface area contributed by atoms with Gasteiger partial charge in [0.2, 0.25) is 0 Å². The average molecular weight is 427 g/mol. The maximum atomic E-state index is 11.2. The van der Waals surface area contributed by atoms with Gasteiger partial charge in [0.25, 0.3) is 0 Å². The average Bonchev–Trinajstić information content (AvgIpc) is 2.74. The van der Waals surface area contributed by atoms with Crippen molar-refractivity contribution in [3.8, 4) is 22.6 Å². The van der Waals surface area contributed by atoms with Crippen LogP contribution in [0.15, 0.2) is 72.8 Å². The van der Waals surface area contributed by atoms with Gasteiger partial charge in [0.1, 0.15) is 11.5 Å². The van der Waals surface area contributed by atoms with Crippen LogP contribution in [-0.4, -0.2) is 29.4 Å². The van der Waals surface area contributed by atoms with E-state index in [0.29, 0.717) is 25.4 Å². The molecule has 0 spiro atoms. The molecule has 5 nitrogen and oxygen atoms in total. The van der Waals surface area contributed by atoms with Crippen molar-refractivity contribution in [1.82, 2.24) is 0 Å². The molecule has 3 aromatic rings. The number of carboxylic acids is 1. The summed E-state index contributed by atoms with van der Waals surface area (Å²) in [5.74, 6) is -0.0813. The maximum Gasteiger partial charge on any atom is 0.340 e. The van der Waals surface area contributed by atoms with Crippen LogP contribution in [0.1, 0.15) is 18.9 Å². The Morgan fingerprint density at radius 3 is 2.07 bits per heavy atom. The Morgan fingerprint density at radius 1 is 0.900 bits per heavy atom. The quantitative estimate of drug-likeness (QED) is 0.463. The first-order chi connectivity index (χ1) is 14.4. The second kappa shape index (κ2) is 9.65. The van der Waals surface area contributed by atoms with Gasteiger partial charge in [-0.2, -0.15) is 0 Å². The molecule has 0 saturated carbocycles.